The van der Waals surface area contributed by atoms with Gasteiger partial charge in [0.15, 0.2) is 23.0 Å². The fraction of sp³-hybridized carbons (Fsp3) is 0.0612. The zero-order chi connectivity index (χ0) is 47.5. The van der Waals surface area contributed by atoms with Crippen LogP contribution in [-0.4, -0.2) is 60.7 Å². The number of pyridine rings is 5. The summed E-state index contributed by atoms with van der Waals surface area (Å²) in [5.74, 6) is 7.58. The second kappa shape index (κ2) is 27.7. The normalized spacial score (nSPS) is 9.45. The summed E-state index contributed by atoms with van der Waals surface area (Å²) < 4.78 is 18.4. The fourth-order valence-electron chi connectivity index (χ4n) is 5.48. The number of phenols is 1. The van der Waals surface area contributed by atoms with Gasteiger partial charge in [-0.3, -0.25) is 14.8 Å². The van der Waals surface area contributed by atoms with Crippen LogP contribution in [-0.2, 0) is 16.3 Å². The standard InChI is InChI=1S/C18H14N4O.C13H10N2O.C8H7NO2.C5H6N2O.C5H4N.BrH.Zn/c1-23-16-12-13(8-9-14(16)15-6-2-4-10-19-15)18-20-17-7-3-5-11-22(17)21-18;1-16-13-8-10(9-14)5-6-11(13)12-4-2-3-7-15-12;1-11-8-4-6(5-9)2-3-7(8)10;6-7-4-2-1-3-5(7)8;1-2-4-6-5-3-1;;/h2-12H,1H3;2-8H,1H3;2-4,10H,1H3;1-4H,6H2;1-4H;1H;/q;;;;-1;;+2/p-1. The number of rotatable bonds is 6. The quantitative estimate of drug-likeness (QED) is 0.0908. The first-order chi connectivity index (χ1) is 32.3. The number of hydrogen-bond donors (Lipinski definition) is 2. The number of phenolic OH excluding ortho intramolecular Hbond substituents is 1. The first kappa shape index (κ1) is 50.4. The van der Waals surface area contributed by atoms with E-state index in [0.717, 1.165) is 44.2 Å². The number of fused-ring (bicyclic) bond motifs is 1. The first-order valence-corrected chi connectivity index (χ1v) is 26.4. The minimum atomic E-state index is -0.187. The van der Waals surface area contributed by atoms with Crippen LogP contribution in [0.2, 0.25) is 0 Å². The molecular formula is C49H41BrN10O5Zn. The average molecular weight is 995 g/mol. The number of halogens is 1. The summed E-state index contributed by atoms with van der Waals surface area (Å²) in [5.41, 5.74) is 6.13. The molecule has 3 N–H and O–H groups in total. The number of methoxy groups -OCH3 is 3. The van der Waals surface area contributed by atoms with Crippen molar-refractivity contribution in [1.29, 1.82) is 10.5 Å². The van der Waals surface area contributed by atoms with Crippen LogP contribution in [0.15, 0.2) is 181 Å². The van der Waals surface area contributed by atoms with Crippen LogP contribution in [0.4, 0.5) is 0 Å². The molecule has 0 saturated carbocycles. The molecule has 0 aliphatic heterocycles. The van der Waals surface area contributed by atoms with E-state index in [4.69, 9.17) is 35.7 Å². The Balaban J connectivity index is 0.000000193. The fourth-order valence-corrected chi connectivity index (χ4v) is 5.48. The largest absolute Gasteiger partial charge is 0.394 e. The Kier molecular flexibility index (Phi) is 21.2. The number of nitrogens with two attached hydrogens (primary N) is 1. The number of aromatic hydroxyl groups is 1. The van der Waals surface area contributed by atoms with E-state index < -0.39 is 0 Å². The van der Waals surface area contributed by atoms with E-state index in [0.29, 0.717) is 28.5 Å². The van der Waals surface area contributed by atoms with E-state index in [9.17, 15) is 4.79 Å². The third-order valence-electron chi connectivity index (χ3n) is 8.59. The maximum Gasteiger partial charge on any atom is -0.0813 e. The number of ether oxygens (including phenoxy) is 3. The summed E-state index contributed by atoms with van der Waals surface area (Å²) in [6.45, 7) is 0. The van der Waals surface area contributed by atoms with Gasteiger partial charge in [0.05, 0.1) is 56.0 Å². The topological polar surface area (TPSA) is 212 Å². The molecule has 0 amide bonds. The van der Waals surface area contributed by atoms with Crippen molar-refractivity contribution in [1.82, 2.24) is 34.2 Å². The molecular weight excluding hydrogens is 954 g/mol. The van der Waals surface area contributed by atoms with Crippen LogP contribution < -0.4 is 25.6 Å². The molecule has 0 aliphatic carbocycles. The summed E-state index contributed by atoms with van der Waals surface area (Å²) in [7, 11) is 4.68. The molecule has 0 bridgehead atoms. The summed E-state index contributed by atoms with van der Waals surface area (Å²) >= 11 is 4.25. The van der Waals surface area contributed by atoms with Gasteiger partial charge in [0, 0.05) is 53.6 Å². The van der Waals surface area contributed by atoms with Crippen molar-refractivity contribution in [3.63, 3.8) is 0 Å². The number of benzene rings is 3. The Labute approximate surface area is 398 Å². The summed E-state index contributed by atoms with van der Waals surface area (Å²) in [4.78, 5) is 27.3. The maximum absolute atomic E-state index is 10.5. The first-order valence-electron chi connectivity index (χ1n) is 19.4. The molecule has 17 heteroatoms. The van der Waals surface area contributed by atoms with Gasteiger partial charge in [-0.05, 0) is 84.9 Å². The number of hydrogen-bond acceptors (Lipinski definition) is 13. The van der Waals surface area contributed by atoms with Gasteiger partial charge in [-0.1, -0.05) is 42.7 Å². The van der Waals surface area contributed by atoms with Crippen LogP contribution in [0.5, 0.6) is 23.0 Å². The second-order valence-electron chi connectivity index (χ2n) is 12.7. The van der Waals surface area contributed by atoms with Gasteiger partial charge in [-0.15, -0.1) is 5.10 Å². The molecule has 0 fully saturated rings. The Bertz CT molecular complexity index is 2940. The van der Waals surface area contributed by atoms with Crippen LogP contribution in [0.3, 0.4) is 0 Å². The number of nitrogens with zero attached hydrogens (tertiary/aromatic N) is 9. The molecule has 0 radical (unpaired) electrons. The molecule has 3 aromatic carbocycles. The van der Waals surface area contributed by atoms with E-state index in [2.05, 4.69) is 50.9 Å². The molecule has 9 aromatic rings. The molecule has 0 spiro atoms. The summed E-state index contributed by atoms with van der Waals surface area (Å²) in [6.07, 6.45) is 11.2. The SMILES string of the molecule is COc1cc(-c2nc3ccccn3n2)ccc1-c1ccccn1.COc1cc(C#N)ccc1-c1ccccn1.COc1cc(C#N)ccc1O.Nn1ccccc1=O.[Zn+][Br].[c-]1ccccn1. The van der Waals surface area contributed by atoms with Crippen molar-refractivity contribution < 1.29 is 35.7 Å². The molecule has 15 nitrogen and oxygen atoms in total. The van der Waals surface area contributed by atoms with E-state index >= 15 is 0 Å². The number of nitriles is 2. The molecule has 0 aliphatic rings. The third-order valence-corrected chi connectivity index (χ3v) is 8.59. The molecule has 326 valence electrons. The van der Waals surface area contributed by atoms with E-state index in [-0.39, 0.29) is 11.3 Å². The summed E-state index contributed by atoms with van der Waals surface area (Å²) in [6, 6.07) is 47.2. The monoisotopic (exact) mass is 992 g/mol. The summed E-state index contributed by atoms with van der Waals surface area (Å²) in [5, 5.41) is 30.9. The molecule has 9 rings (SSSR count). The van der Waals surface area contributed by atoms with Crippen molar-refractivity contribution in [2.24, 2.45) is 0 Å². The van der Waals surface area contributed by atoms with Gasteiger partial charge in [-0.2, -0.15) is 28.7 Å². The molecule has 66 heavy (non-hydrogen) atoms. The van der Waals surface area contributed by atoms with Crippen molar-refractivity contribution in [3.8, 4) is 69.0 Å². The Morgan fingerprint density at radius 2 is 1.23 bits per heavy atom. The Hall–Kier alpha value is -8.24. The molecule has 6 aromatic heterocycles. The zero-order valence-electron chi connectivity index (χ0n) is 36.0. The molecule has 0 saturated heterocycles. The zero-order valence-corrected chi connectivity index (χ0v) is 40.6. The maximum atomic E-state index is 10.5. The van der Waals surface area contributed by atoms with Gasteiger partial charge < -0.3 is 30.1 Å². The second-order valence-corrected chi connectivity index (χ2v) is 12.7. The van der Waals surface area contributed by atoms with Crippen LogP contribution in [0.25, 0.3) is 39.5 Å². The van der Waals surface area contributed by atoms with Crippen molar-refractivity contribution >= 4 is 19.3 Å². The smallest absolute Gasteiger partial charge is 0.0813 e. The predicted molar refractivity (Wildman–Crippen MR) is 251 cm³/mol. The van der Waals surface area contributed by atoms with Crippen molar-refractivity contribution in [2.75, 3.05) is 27.2 Å². The predicted octanol–water partition coefficient (Wildman–Crippen LogP) is 8.66. The average Bonchev–Trinajstić information content (AvgIpc) is 3.84. The molecule has 0 atom stereocenters. The van der Waals surface area contributed by atoms with Gasteiger partial charge in [0.2, 0.25) is 0 Å². The van der Waals surface area contributed by atoms with Gasteiger partial charge >= 0.3 is 30.0 Å². The van der Waals surface area contributed by atoms with Gasteiger partial charge in [0.25, 0.3) is 5.56 Å². The van der Waals surface area contributed by atoms with E-state index in [1.165, 1.54) is 53.9 Å². The molecule has 0 unspecified atom stereocenters. The third kappa shape index (κ3) is 15.2. The van der Waals surface area contributed by atoms with Crippen LogP contribution in [0.1, 0.15) is 11.1 Å². The number of nitrogen functional groups attached to an aromatic ring is 1. The van der Waals surface area contributed by atoms with E-state index in [1.54, 1.807) is 67.7 Å². The Morgan fingerprint density at radius 1 is 0.667 bits per heavy atom. The van der Waals surface area contributed by atoms with E-state index in [1.807, 2.05) is 103 Å². The minimum absolute atomic E-state index is 0.0477. The number of aromatic nitrogens is 7. The van der Waals surface area contributed by atoms with Crippen molar-refractivity contribution in [3.05, 3.63) is 204 Å². The van der Waals surface area contributed by atoms with Crippen molar-refractivity contribution in [2.45, 2.75) is 0 Å². The van der Waals surface area contributed by atoms with Crippen LogP contribution in [0, 0.1) is 28.9 Å². The van der Waals surface area contributed by atoms with Gasteiger partial charge in [0.1, 0.15) is 11.5 Å². The van der Waals surface area contributed by atoms with Gasteiger partial charge in [-0.25, -0.2) is 14.2 Å². The van der Waals surface area contributed by atoms with Crippen LogP contribution >= 0.6 is 13.6 Å². The molecule has 6 heterocycles. The Morgan fingerprint density at radius 3 is 1.71 bits per heavy atom. The minimum Gasteiger partial charge on any atom is -0.394 e.